The summed E-state index contributed by atoms with van der Waals surface area (Å²) < 4.78 is 11.0. The van der Waals surface area contributed by atoms with Crippen LogP contribution in [0.5, 0.6) is 0 Å². The Morgan fingerprint density at radius 1 is 1.04 bits per heavy atom. The van der Waals surface area contributed by atoms with E-state index in [1.807, 2.05) is 27.7 Å². The van der Waals surface area contributed by atoms with Gasteiger partial charge in [0.1, 0.15) is 24.4 Å². The molecule has 2 aliphatic heterocycles. The summed E-state index contributed by atoms with van der Waals surface area (Å²) in [5, 5.41) is 52.2. The quantitative estimate of drug-likeness (QED) is 0.536. The Morgan fingerprint density at radius 3 is 2.08 bits per heavy atom. The van der Waals surface area contributed by atoms with E-state index >= 15 is 0 Å². The van der Waals surface area contributed by atoms with Gasteiger partial charge in [-0.15, -0.1) is 10.3 Å². The zero-order valence-electron chi connectivity index (χ0n) is 14.8. The van der Waals surface area contributed by atoms with Crippen LogP contribution in [0, 0.1) is 5.92 Å². The van der Waals surface area contributed by atoms with E-state index in [2.05, 4.69) is 0 Å². The first-order valence-corrected chi connectivity index (χ1v) is 8.39. The molecule has 24 heavy (non-hydrogen) atoms. The third-order valence-corrected chi connectivity index (χ3v) is 5.02. The summed E-state index contributed by atoms with van der Waals surface area (Å²) in [6.07, 6.45) is -5.08. The van der Waals surface area contributed by atoms with Gasteiger partial charge in [0, 0.05) is 11.1 Å². The van der Waals surface area contributed by atoms with E-state index in [4.69, 9.17) is 9.47 Å². The summed E-state index contributed by atoms with van der Waals surface area (Å²) in [5.74, 6) is 0.0903. The molecular weight excluding hydrogens is 318 g/mol. The Hall–Kier alpha value is -0.320. The van der Waals surface area contributed by atoms with E-state index in [1.165, 1.54) is 0 Å². The molecule has 0 saturated carbocycles. The summed E-state index contributed by atoms with van der Waals surface area (Å²) in [6, 6.07) is 0. The predicted octanol–water partition coefficient (Wildman–Crippen LogP) is -0.582. The highest BCUT2D eigenvalue weighted by molar-refractivity contribution is 4.96. The van der Waals surface area contributed by atoms with E-state index in [0.717, 1.165) is 5.06 Å². The molecular formula is C16H30NO7. The molecule has 2 fully saturated rings. The number of nitrogens with zero attached hydrogens (tertiary/aromatic N) is 1. The number of aliphatic hydroxyl groups is 4. The minimum atomic E-state index is -1.45. The first-order chi connectivity index (χ1) is 11.0. The maximum absolute atomic E-state index is 12.4. The van der Waals surface area contributed by atoms with Crippen molar-refractivity contribution in [3.63, 3.8) is 0 Å². The van der Waals surface area contributed by atoms with Crippen LogP contribution in [-0.2, 0) is 14.7 Å². The van der Waals surface area contributed by atoms with Gasteiger partial charge in [0.25, 0.3) is 0 Å². The number of hydrogen-bond acceptors (Lipinski definition) is 7. The Bertz CT molecular complexity index is 411. The van der Waals surface area contributed by atoms with Gasteiger partial charge in [-0.05, 0) is 46.5 Å². The van der Waals surface area contributed by atoms with E-state index in [9.17, 15) is 25.6 Å². The van der Waals surface area contributed by atoms with E-state index < -0.39 is 48.4 Å². The van der Waals surface area contributed by atoms with Gasteiger partial charge in [-0.1, -0.05) is 0 Å². The highest BCUT2D eigenvalue weighted by Crippen LogP contribution is 2.40. The zero-order valence-corrected chi connectivity index (χ0v) is 14.8. The molecule has 0 aliphatic carbocycles. The molecule has 0 aromatic rings. The van der Waals surface area contributed by atoms with Crippen LogP contribution in [0.15, 0.2) is 0 Å². The van der Waals surface area contributed by atoms with E-state index in [-0.39, 0.29) is 12.5 Å². The van der Waals surface area contributed by atoms with Crippen LogP contribution in [0.4, 0.5) is 0 Å². The van der Waals surface area contributed by atoms with Crippen molar-refractivity contribution in [3.8, 4) is 0 Å². The number of rotatable bonds is 4. The van der Waals surface area contributed by atoms with Crippen LogP contribution in [0.25, 0.3) is 0 Å². The molecule has 5 atom stereocenters. The third-order valence-electron chi connectivity index (χ3n) is 5.02. The monoisotopic (exact) mass is 348 g/mol. The second kappa shape index (κ2) is 7.13. The second-order valence-corrected chi connectivity index (χ2v) is 8.22. The number of aliphatic hydroxyl groups excluding tert-OH is 4. The van der Waals surface area contributed by atoms with Gasteiger partial charge >= 0.3 is 0 Å². The molecule has 2 saturated heterocycles. The van der Waals surface area contributed by atoms with Crippen molar-refractivity contribution < 1.29 is 35.1 Å². The van der Waals surface area contributed by atoms with Crippen LogP contribution in [0.3, 0.4) is 0 Å². The van der Waals surface area contributed by atoms with Crippen molar-refractivity contribution in [1.29, 1.82) is 0 Å². The molecule has 0 aromatic heterocycles. The fourth-order valence-corrected chi connectivity index (χ4v) is 4.02. The maximum atomic E-state index is 12.4. The maximum Gasteiger partial charge on any atom is 0.186 e. The zero-order chi connectivity index (χ0) is 18.3. The largest absolute Gasteiger partial charge is 0.394 e. The van der Waals surface area contributed by atoms with Gasteiger partial charge in [-0.3, -0.25) is 0 Å². The molecule has 0 unspecified atom stereocenters. The van der Waals surface area contributed by atoms with Crippen molar-refractivity contribution in [1.82, 2.24) is 5.06 Å². The summed E-state index contributed by atoms with van der Waals surface area (Å²) in [6.45, 7) is 7.33. The van der Waals surface area contributed by atoms with Crippen molar-refractivity contribution in [2.24, 2.45) is 5.92 Å². The Labute approximate surface area is 142 Å². The minimum absolute atomic E-state index is 0.0903. The molecule has 4 N–H and O–H groups in total. The van der Waals surface area contributed by atoms with Crippen molar-refractivity contribution in [3.05, 3.63) is 0 Å². The number of hydrogen-bond donors (Lipinski definition) is 4. The average Bonchev–Trinajstić information content (AvgIpc) is 2.49. The molecule has 141 valence electrons. The van der Waals surface area contributed by atoms with Crippen LogP contribution in [0.2, 0.25) is 0 Å². The Kier molecular flexibility index (Phi) is 5.94. The summed E-state index contributed by atoms with van der Waals surface area (Å²) in [4.78, 5) is 0. The normalized spacial score (nSPS) is 40.6. The van der Waals surface area contributed by atoms with Gasteiger partial charge in [-0.2, -0.15) is 0 Å². The average molecular weight is 348 g/mol. The molecule has 0 aromatic carbocycles. The van der Waals surface area contributed by atoms with Gasteiger partial charge in [-0.25, -0.2) is 0 Å². The van der Waals surface area contributed by atoms with Crippen LogP contribution < -0.4 is 0 Å². The lowest BCUT2D eigenvalue weighted by molar-refractivity contribution is -0.315. The minimum Gasteiger partial charge on any atom is -0.394 e. The van der Waals surface area contributed by atoms with Crippen molar-refractivity contribution in [2.45, 2.75) is 82.3 Å². The molecule has 0 bridgehead atoms. The predicted molar refractivity (Wildman–Crippen MR) is 83.1 cm³/mol. The van der Waals surface area contributed by atoms with Gasteiger partial charge in [0.15, 0.2) is 6.29 Å². The highest BCUT2D eigenvalue weighted by atomic mass is 16.7. The van der Waals surface area contributed by atoms with Crippen LogP contribution in [0.1, 0.15) is 40.5 Å². The SMILES string of the molecule is CC1(C)CC(CO[C@@H]2O[C@H](CO)[C@H](O)[C@H](O)[C@H]2O)CC(C)(C)N1[O]. The van der Waals surface area contributed by atoms with Gasteiger partial charge in [0.2, 0.25) is 0 Å². The molecule has 2 heterocycles. The molecule has 2 rings (SSSR count). The second-order valence-electron chi connectivity index (χ2n) is 8.22. The number of hydroxylamine groups is 2. The van der Waals surface area contributed by atoms with E-state index in [1.54, 1.807) is 0 Å². The lowest BCUT2D eigenvalue weighted by Gasteiger charge is -2.50. The Balaban J connectivity index is 1.97. The first kappa shape index (κ1) is 20.0. The first-order valence-electron chi connectivity index (χ1n) is 8.39. The Morgan fingerprint density at radius 2 is 1.58 bits per heavy atom. The smallest absolute Gasteiger partial charge is 0.186 e. The number of piperidine rings is 1. The van der Waals surface area contributed by atoms with Crippen LogP contribution in [-0.4, -0.2) is 80.5 Å². The highest BCUT2D eigenvalue weighted by Gasteiger charge is 2.47. The van der Waals surface area contributed by atoms with Gasteiger partial charge < -0.3 is 29.9 Å². The summed E-state index contributed by atoms with van der Waals surface area (Å²) in [7, 11) is 0. The lowest BCUT2D eigenvalue weighted by atomic mass is 9.75. The fourth-order valence-electron chi connectivity index (χ4n) is 4.02. The van der Waals surface area contributed by atoms with E-state index in [0.29, 0.717) is 12.8 Å². The topological polar surface area (TPSA) is 123 Å². The van der Waals surface area contributed by atoms with Gasteiger partial charge in [0.05, 0.1) is 13.2 Å². The van der Waals surface area contributed by atoms with Crippen molar-refractivity contribution >= 4 is 0 Å². The summed E-state index contributed by atoms with van der Waals surface area (Å²) >= 11 is 0. The van der Waals surface area contributed by atoms with Crippen LogP contribution >= 0.6 is 0 Å². The lowest BCUT2D eigenvalue weighted by Crippen LogP contribution is -2.60. The molecule has 8 heteroatoms. The molecule has 0 amide bonds. The fraction of sp³-hybridized carbons (Fsp3) is 1.00. The van der Waals surface area contributed by atoms with Crippen molar-refractivity contribution in [2.75, 3.05) is 13.2 Å². The summed E-state index contributed by atoms with van der Waals surface area (Å²) in [5.41, 5.74) is -1.05. The molecule has 0 spiro atoms. The molecule has 8 nitrogen and oxygen atoms in total. The standard InChI is InChI=1S/C16H30NO7/c1-15(2)5-9(6-16(3,4)17(15)22)8-23-14-13(21)12(20)11(19)10(7-18)24-14/h9-14,18-21H,5-8H2,1-4H3/t10-,11+,12+,13-,14-/m1/s1. The third kappa shape index (κ3) is 3.91. The number of ether oxygens (including phenoxy) is 2. The molecule has 1 radical (unpaired) electrons. The molecule has 2 aliphatic rings.